The minimum atomic E-state index is 0.476. The van der Waals surface area contributed by atoms with Crippen LogP contribution in [-0.4, -0.2) is 6.21 Å². The van der Waals surface area contributed by atoms with Gasteiger partial charge in [0.2, 0.25) is 0 Å². The third-order valence-electron chi connectivity index (χ3n) is 5.49. The van der Waals surface area contributed by atoms with Crippen molar-refractivity contribution in [3.8, 4) is 11.8 Å². The Hall–Kier alpha value is -3.38. The number of hydrogen-bond acceptors (Lipinski definition) is 3. The molecule has 3 nitrogen and oxygen atoms in total. The fourth-order valence-corrected chi connectivity index (χ4v) is 3.50. The molecule has 0 aliphatic rings. The normalized spacial score (nSPS) is 10.9. The molecule has 3 aromatic rings. The maximum absolute atomic E-state index is 8.86. The summed E-state index contributed by atoms with van der Waals surface area (Å²) in [5, 5.41) is 8.86. The maximum atomic E-state index is 8.86. The standard InChI is InChI=1S/C29H32N2O/c1-2-3-4-5-6-7-8-24-13-17-28(18-14-24)31-22-26-15-19-29(20-16-26)32-23-27-11-9-25(21-30)10-12-27/h9-20,22H,2-8,23H2,1H3. The number of unbranched alkanes of at least 4 members (excludes halogenated alkanes) is 5. The Morgan fingerprint density at radius 3 is 2.12 bits per heavy atom. The molecular weight excluding hydrogens is 392 g/mol. The zero-order valence-electron chi connectivity index (χ0n) is 19.0. The van der Waals surface area contributed by atoms with Crippen LogP contribution in [0.3, 0.4) is 0 Å². The highest BCUT2D eigenvalue weighted by Gasteiger charge is 1.99. The molecule has 0 radical (unpaired) electrons. The van der Waals surface area contributed by atoms with E-state index in [-0.39, 0.29) is 0 Å². The van der Waals surface area contributed by atoms with E-state index < -0.39 is 0 Å². The van der Waals surface area contributed by atoms with E-state index in [9.17, 15) is 0 Å². The highest BCUT2D eigenvalue weighted by atomic mass is 16.5. The summed E-state index contributed by atoms with van der Waals surface area (Å²) in [6, 6.07) is 26.1. The minimum absolute atomic E-state index is 0.476. The summed E-state index contributed by atoms with van der Waals surface area (Å²) >= 11 is 0. The van der Waals surface area contributed by atoms with Crippen LogP contribution in [0, 0.1) is 11.3 Å². The largest absolute Gasteiger partial charge is 0.489 e. The van der Waals surface area contributed by atoms with Crippen LogP contribution in [0.25, 0.3) is 0 Å². The van der Waals surface area contributed by atoms with Crippen molar-refractivity contribution >= 4 is 11.9 Å². The third-order valence-corrected chi connectivity index (χ3v) is 5.49. The highest BCUT2D eigenvalue weighted by Crippen LogP contribution is 2.17. The number of nitriles is 1. The monoisotopic (exact) mass is 424 g/mol. The first-order chi connectivity index (χ1) is 15.8. The molecule has 164 valence electrons. The second kappa shape index (κ2) is 13.1. The fraction of sp³-hybridized carbons (Fsp3) is 0.310. The molecule has 0 N–H and O–H groups in total. The van der Waals surface area contributed by atoms with Crippen LogP contribution in [0.15, 0.2) is 77.8 Å². The van der Waals surface area contributed by atoms with Crippen LogP contribution in [0.2, 0.25) is 0 Å². The summed E-state index contributed by atoms with van der Waals surface area (Å²) in [6.07, 6.45) is 11.0. The van der Waals surface area contributed by atoms with E-state index >= 15 is 0 Å². The van der Waals surface area contributed by atoms with Crippen molar-refractivity contribution in [2.24, 2.45) is 4.99 Å². The molecule has 0 fully saturated rings. The lowest BCUT2D eigenvalue weighted by atomic mass is 10.0. The van der Waals surface area contributed by atoms with E-state index in [1.165, 1.54) is 44.1 Å². The van der Waals surface area contributed by atoms with E-state index in [0.29, 0.717) is 12.2 Å². The molecule has 0 spiro atoms. The predicted molar refractivity (Wildman–Crippen MR) is 133 cm³/mol. The van der Waals surface area contributed by atoms with Gasteiger partial charge in [0.25, 0.3) is 0 Å². The molecule has 3 heteroatoms. The van der Waals surface area contributed by atoms with Crippen LogP contribution < -0.4 is 4.74 Å². The highest BCUT2D eigenvalue weighted by molar-refractivity contribution is 5.82. The molecule has 0 saturated heterocycles. The summed E-state index contributed by atoms with van der Waals surface area (Å²) in [6.45, 7) is 2.73. The molecule has 0 aliphatic carbocycles. The van der Waals surface area contributed by atoms with Gasteiger partial charge < -0.3 is 4.74 Å². The number of aryl methyl sites for hydroxylation is 1. The van der Waals surface area contributed by atoms with Crippen LogP contribution in [0.5, 0.6) is 5.75 Å². The minimum Gasteiger partial charge on any atom is -0.489 e. The van der Waals surface area contributed by atoms with E-state index in [4.69, 9.17) is 10.00 Å². The summed E-state index contributed by atoms with van der Waals surface area (Å²) in [5.74, 6) is 0.811. The van der Waals surface area contributed by atoms with Gasteiger partial charge in [0.15, 0.2) is 0 Å². The smallest absolute Gasteiger partial charge is 0.119 e. The lowest BCUT2D eigenvalue weighted by Gasteiger charge is -2.06. The van der Waals surface area contributed by atoms with E-state index in [1.54, 1.807) is 12.1 Å². The fourth-order valence-electron chi connectivity index (χ4n) is 3.50. The summed E-state index contributed by atoms with van der Waals surface area (Å²) in [7, 11) is 0. The Labute approximate surface area is 192 Å². The van der Waals surface area contributed by atoms with E-state index in [2.05, 4.69) is 42.3 Å². The molecule has 3 aromatic carbocycles. The van der Waals surface area contributed by atoms with Gasteiger partial charge in [-0.05, 0) is 78.1 Å². The average Bonchev–Trinajstić information content (AvgIpc) is 2.85. The Bertz CT molecular complexity index is 997. The second-order valence-electron chi connectivity index (χ2n) is 8.11. The van der Waals surface area contributed by atoms with Crippen molar-refractivity contribution in [3.05, 3.63) is 95.1 Å². The lowest BCUT2D eigenvalue weighted by molar-refractivity contribution is 0.306. The van der Waals surface area contributed by atoms with E-state index in [0.717, 1.165) is 29.0 Å². The van der Waals surface area contributed by atoms with Gasteiger partial charge in [-0.15, -0.1) is 0 Å². The first kappa shape index (κ1) is 23.3. The lowest BCUT2D eigenvalue weighted by Crippen LogP contribution is -1.95. The van der Waals surface area contributed by atoms with Crippen molar-refractivity contribution in [1.29, 1.82) is 5.26 Å². The quantitative estimate of drug-likeness (QED) is 0.220. The average molecular weight is 425 g/mol. The van der Waals surface area contributed by atoms with Gasteiger partial charge in [0.1, 0.15) is 12.4 Å². The molecular formula is C29H32N2O. The number of nitrogens with zero attached hydrogens (tertiary/aromatic N) is 2. The molecule has 0 saturated carbocycles. The molecule has 32 heavy (non-hydrogen) atoms. The Balaban J connectivity index is 1.43. The summed E-state index contributed by atoms with van der Waals surface area (Å²) < 4.78 is 5.83. The zero-order valence-corrected chi connectivity index (χ0v) is 19.0. The molecule has 0 atom stereocenters. The van der Waals surface area contributed by atoms with Crippen LogP contribution >= 0.6 is 0 Å². The Morgan fingerprint density at radius 2 is 1.44 bits per heavy atom. The topological polar surface area (TPSA) is 45.4 Å². The second-order valence-corrected chi connectivity index (χ2v) is 8.11. The van der Waals surface area contributed by atoms with Crippen molar-refractivity contribution in [1.82, 2.24) is 0 Å². The number of benzene rings is 3. The van der Waals surface area contributed by atoms with Crippen molar-refractivity contribution in [3.63, 3.8) is 0 Å². The third kappa shape index (κ3) is 8.04. The number of hydrogen-bond donors (Lipinski definition) is 0. The van der Waals surface area contributed by atoms with Crippen molar-refractivity contribution in [2.45, 2.75) is 58.5 Å². The van der Waals surface area contributed by atoms with Gasteiger partial charge in [0, 0.05) is 6.21 Å². The Kier molecular flexibility index (Phi) is 9.55. The van der Waals surface area contributed by atoms with Gasteiger partial charge in [0.05, 0.1) is 17.3 Å². The Morgan fingerprint density at radius 1 is 0.781 bits per heavy atom. The molecule has 0 aliphatic heterocycles. The van der Waals surface area contributed by atoms with Crippen LogP contribution in [0.1, 0.15) is 67.7 Å². The molecule has 0 unspecified atom stereocenters. The van der Waals surface area contributed by atoms with Crippen molar-refractivity contribution < 1.29 is 4.74 Å². The number of ether oxygens (including phenoxy) is 1. The van der Waals surface area contributed by atoms with Gasteiger partial charge in [-0.2, -0.15) is 5.26 Å². The molecule has 0 bridgehead atoms. The first-order valence-electron chi connectivity index (χ1n) is 11.6. The van der Waals surface area contributed by atoms with E-state index in [1.807, 2.05) is 42.6 Å². The van der Waals surface area contributed by atoms with Gasteiger partial charge in [-0.3, -0.25) is 4.99 Å². The summed E-state index contributed by atoms with van der Waals surface area (Å²) in [4.78, 5) is 4.60. The maximum Gasteiger partial charge on any atom is 0.119 e. The number of rotatable bonds is 12. The predicted octanol–water partition coefficient (Wildman–Crippen LogP) is 7.79. The van der Waals surface area contributed by atoms with Crippen molar-refractivity contribution in [2.75, 3.05) is 0 Å². The molecule has 3 rings (SSSR count). The molecule has 0 heterocycles. The SMILES string of the molecule is CCCCCCCCc1ccc(N=Cc2ccc(OCc3ccc(C#N)cc3)cc2)cc1. The molecule has 0 aromatic heterocycles. The van der Waals surface area contributed by atoms with Crippen LogP contribution in [-0.2, 0) is 13.0 Å². The molecule has 0 amide bonds. The van der Waals surface area contributed by atoms with Crippen LogP contribution in [0.4, 0.5) is 5.69 Å². The number of aliphatic imine (C=N–C) groups is 1. The zero-order chi connectivity index (χ0) is 22.4. The van der Waals surface area contributed by atoms with Gasteiger partial charge in [-0.1, -0.05) is 63.3 Å². The summed E-state index contributed by atoms with van der Waals surface area (Å²) in [5.41, 5.74) is 5.09. The van der Waals surface area contributed by atoms with Gasteiger partial charge >= 0.3 is 0 Å². The first-order valence-corrected chi connectivity index (χ1v) is 11.6. The van der Waals surface area contributed by atoms with Gasteiger partial charge in [-0.25, -0.2) is 0 Å².